The first-order chi connectivity index (χ1) is 12.0. The maximum Gasteiger partial charge on any atom is 0.248 e. The third kappa shape index (κ3) is 3.97. The summed E-state index contributed by atoms with van der Waals surface area (Å²) in [6.45, 7) is 0. The lowest BCUT2D eigenvalue weighted by molar-refractivity contribution is -0.121. The number of nitrogens with one attached hydrogen (secondary N) is 1. The molecule has 2 aromatic carbocycles. The van der Waals surface area contributed by atoms with E-state index < -0.39 is 11.4 Å². The van der Waals surface area contributed by atoms with Crippen LogP contribution in [0.25, 0.3) is 0 Å². The van der Waals surface area contributed by atoms with Gasteiger partial charge in [-0.3, -0.25) is 9.59 Å². The number of rotatable bonds is 5. The van der Waals surface area contributed by atoms with Gasteiger partial charge in [0.25, 0.3) is 0 Å². The number of carbonyl (C=O) groups excluding carboxylic acids is 2. The van der Waals surface area contributed by atoms with Crippen molar-refractivity contribution < 1.29 is 14.3 Å². The van der Waals surface area contributed by atoms with Crippen molar-refractivity contribution in [2.24, 2.45) is 11.5 Å². The number of nitrogens with two attached hydrogens (primary N) is 2. The highest BCUT2D eigenvalue weighted by atomic mass is 16.5. The van der Waals surface area contributed by atoms with E-state index in [1.54, 1.807) is 48.5 Å². The summed E-state index contributed by atoms with van der Waals surface area (Å²) >= 11 is 0. The fourth-order valence-electron chi connectivity index (χ4n) is 2.94. The van der Waals surface area contributed by atoms with Gasteiger partial charge in [-0.05, 0) is 55.3 Å². The largest absolute Gasteiger partial charge is 0.457 e. The Balaban J connectivity index is 1.65. The summed E-state index contributed by atoms with van der Waals surface area (Å²) in [4.78, 5) is 23.5. The maximum atomic E-state index is 12.3. The van der Waals surface area contributed by atoms with E-state index >= 15 is 0 Å². The Labute approximate surface area is 146 Å². The van der Waals surface area contributed by atoms with Gasteiger partial charge in [-0.2, -0.15) is 0 Å². The van der Waals surface area contributed by atoms with Gasteiger partial charge in [-0.15, -0.1) is 0 Å². The van der Waals surface area contributed by atoms with Gasteiger partial charge in [0.1, 0.15) is 11.5 Å². The zero-order valence-corrected chi connectivity index (χ0v) is 13.8. The number of anilines is 1. The van der Waals surface area contributed by atoms with Gasteiger partial charge in [-0.25, -0.2) is 0 Å². The summed E-state index contributed by atoms with van der Waals surface area (Å²) < 4.78 is 5.70. The van der Waals surface area contributed by atoms with Gasteiger partial charge < -0.3 is 21.5 Å². The molecule has 1 aliphatic carbocycles. The van der Waals surface area contributed by atoms with Crippen molar-refractivity contribution in [1.29, 1.82) is 0 Å². The van der Waals surface area contributed by atoms with Crippen molar-refractivity contribution in [1.82, 2.24) is 0 Å². The molecule has 0 aliphatic heterocycles. The van der Waals surface area contributed by atoms with Crippen molar-refractivity contribution in [2.45, 2.75) is 31.2 Å². The first kappa shape index (κ1) is 17.0. The topological polar surface area (TPSA) is 107 Å². The molecule has 1 aliphatic rings. The molecule has 0 bridgehead atoms. The number of hydrogen-bond acceptors (Lipinski definition) is 4. The molecule has 1 saturated carbocycles. The van der Waals surface area contributed by atoms with Crippen LogP contribution in [-0.4, -0.2) is 17.4 Å². The Morgan fingerprint density at radius 2 is 1.68 bits per heavy atom. The van der Waals surface area contributed by atoms with Crippen LogP contribution in [0.15, 0.2) is 48.5 Å². The van der Waals surface area contributed by atoms with E-state index in [0.29, 0.717) is 22.7 Å². The van der Waals surface area contributed by atoms with Crippen LogP contribution in [0.4, 0.5) is 5.69 Å². The summed E-state index contributed by atoms with van der Waals surface area (Å²) in [5, 5.41) is 2.86. The van der Waals surface area contributed by atoms with E-state index in [9.17, 15) is 9.59 Å². The molecule has 2 aromatic rings. The fourth-order valence-corrected chi connectivity index (χ4v) is 2.94. The highest BCUT2D eigenvalue weighted by Crippen LogP contribution is 2.29. The Morgan fingerprint density at radius 1 is 1.00 bits per heavy atom. The number of carbonyl (C=O) groups is 2. The first-order valence-electron chi connectivity index (χ1n) is 8.24. The lowest BCUT2D eigenvalue weighted by Gasteiger charge is -2.22. The quantitative estimate of drug-likeness (QED) is 0.778. The molecule has 2 amide bonds. The standard InChI is InChI=1S/C19H21N3O3/c20-17(23)13-4-3-5-16(12-13)25-15-8-6-14(7-9-15)22-18(24)19(21)10-1-2-11-19/h3-9,12H,1-2,10-11,21H2,(H2,20,23)(H,22,24). The minimum Gasteiger partial charge on any atom is -0.457 e. The monoisotopic (exact) mass is 339 g/mol. The summed E-state index contributed by atoms with van der Waals surface area (Å²) in [5.41, 5.74) is 11.7. The maximum absolute atomic E-state index is 12.3. The molecule has 6 heteroatoms. The molecular weight excluding hydrogens is 318 g/mol. The number of benzene rings is 2. The van der Waals surface area contributed by atoms with Crippen LogP contribution in [0.1, 0.15) is 36.0 Å². The van der Waals surface area contributed by atoms with Gasteiger partial charge >= 0.3 is 0 Å². The van der Waals surface area contributed by atoms with E-state index in [-0.39, 0.29) is 5.91 Å². The first-order valence-corrected chi connectivity index (χ1v) is 8.24. The van der Waals surface area contributed by atoms with Crippen LogP contribution in [-0.2, 0) is 4.79 Å². The molecule has 130 valence electrons. The minimum atomic E-state index is -0.760. The Hall–Kier alpha value is -2.86. The zero-order valence-electron chi connectivity index (χ0n) is 13.8. The SMILES string of the molecule is NC(=O)c1cccc(Oc2ccc(NC(=O)C3(N)CCCC3)cc2)c1. The predicted molar refractivity (Wildman–Crippen MR) is 95.5 cm³/mol. The number of primary amides is 1. The van der Waals surface area contributed by atoms with E-state index in [1.807, 2.05) is 0 Å². The molecule has 6 nitrogen and oxygen atoms in total. The lowest BCUT2D eigenvalue weighted by Crippen LogP contribution is -2.48. The Kier molecular flexibility index (Phi) is 4.72. The van der Waals surface area contributed by atoms with Gasteiger partial charge in [0.2, 0.25) is 11.8 Å². The van der Waals surface area contributed by atoms with Gasteiger partial charge in [0.05, 0.1) is 5.54 Å². The third-order valence-electron chi connectivity index (χ3n) is 4.41. The molecule has 0 spiro atoms. The molecule has 3 rings (SSSR count). The molecule has 0 saturated heterocycles. The van der Waals surface area contributed by atoms with Gasteiger partial charge in [0, 0.05) is 11.3 Å². The van der Waals surface area contributed by atoms with Crippen molar-refractivity contribution in [2.75, 3.05) is 5.32 Å². The third-order valence-corrected chi connectivity index (χ3v) is 4.41. The molecule has 25 heavy (non-hydrogen) atoms. The van der Waals surface area contributed by atoms with Crippen LogP contribution in [0, 0.1) is 0 Å². The zero-order chi connectivity index (χ0) is 17.9. The predicted octanol–water partition coefficient (Wildman–Crippen LogP) is 2.79. The van der Waals surface area contributed by atoms with Crippen molar-refractivity contribution in [3.63, 3.8) is 0 Å². The van der Waals surface area contributed by atoms with Crippen molar-refractivity contribution >= 4 is 17.5 Å². The van der Waals surface area contributed by atoms with Crippen LogP contribution in [0.5, 0.6) is 11.5 Å². The van der Waals surface area contributed by atoms with Gasteiger partial charge in [-0.1, -0.05) is 18.9 Å². The second kappa shape index (κ2) is 6.94. The molecule has 0 unspecified atom stereocenters. The fraction of sp³-hybridized carbons (Fsp3) is 0.263. The lowest BCUT2D eigenvalue weighted by atomic mass is 9.98. The summed E-state index contributed by atoms with van der Waals surface area (Å²) in [7, 11) is 0. The molecule has 0 heterocycles. The summed E-state index contributed by atoms with van der Waals surface area (Å²) in [6, 6.07) is 13.6. The van der Waals surface area contributed by atoms with Crippen molar-refractivity contribution in [3.8, 4) is 11.5 Å². The van der Waals surface area contributed by atoms with Crippen LogP contribution < -0.4 is 21.5 Å². The van der Waals surface area contributed by atoms with Crippen LogP contribution >= 0.6 is 0 Å². The summed E-state index contributed by atoms with van der Waals surface area (Å²) in [6.07, 6.45) is 3.41. The smallest absolute Gasteiger partial charge is 0.248 e. The van der Waals surface area contributed by atoms with E-state index in [4.69, 9.17) is 16.2 Å². The average molecular weight is 339 g/mol. The highest BCUT2D eigenvalue weighted by molar-refractivity contribution is 5.98. The minimum absolute atomic E-state index is 0.146. The molecule has 1 fully saturated rings. The average Bonchev–Trinajstić information content (AvgIpc) is 3.05. The second-order valence-electron chi connectivity index (χ2n) is 6.34. The van der Waals surface area contributed by atoms with Crippen LogP contribution in [0.3, 0.4) is 0 Å². The summed E-state index contributed by atoms with van der Waals surface area (Å²) in [5.74, 6) is 0.446. The number of hydrogen-bond donors (Lipinski definition) is 3. The molecule has 0 radical (unpaired) electrons. The molecule has 0 aromatic heterocycles. The number of amides is 2. The van der Waals surface area contributed by atoms with E-state index in [2.05, 4.69) is 5.32 Å². The van der Waals surface area contributed by atoms with E-state index in [0.717, 1.165) is 25.7 Å². The normalized spacial score (nSPS) is 15.6. The second-order valence-corrected chi connectivity index (χ2v) is 6.34. The van der Waals surface area contributed by atoms with E-state index in [1.165, 1.54) is 0 Å². The molecule has 0 atom stereocenters. The van der Waals surface area contributed by atoms with Crippen LogP contribution in [0.2, 0.25) is 0 Å². The molecule has 5 N–H and O–H groups in total. The highest BCUT2D eigenvalue weighted by Gasteiger charge is 2.36. The number of ether oxygens (including phenoxy) is 1. The molecular formula is C19H21N3O3. The van der Waals surface area contributed by atoms with Crippen molar-refractivity contribution in [3.05, 3.63) is 54.1 Å². The Morgan fingerprint density at radius 3 is 2.32 bits per heavy atom. The Bertz CT molecular complexity index is 781. The van der Waals surface area contributed by atoms with Gasteiger partial charge in [0.15, 0.2) is 0 Å².